The minimum absolute atomic E-state index is 0.0229. The highest BCUT2D eigenvalue weighted by atomic mass is 32.1. The van der Waals surface area contributed by atoms with Crippen molar-refractivity contribution in [1.82, 2.24) is 0 Å². The second-order valence-electron chi connectivity index (χ2n) is 5.04. The molecule has 0 aromatic heterocycles. The molecule has 1 aliphatic heterocycles. The molecule has 0 radical (unpaired) electrons. The summed E-state index contributed by atoms with van der Waals surface area (Å²) >= 11 is 5.14. The minimum Gasteiger partial charge on any atom is -0.394 e. The lowest BCUT2D eigenvalue weighted by molar-refractivity contribution is -0.0421. The largest absolute Gasteiger partial charge is 0.394 e. The van der Waals surface area contributed by atoms with Gasteiger partial charge in [0, 0.05) is 24.3 Å². The number of anilines is 1. The molecule has 2 unspecified atom stereocenters. The van der Waals surface area contributed by atoms with Gasteiger partial charge in [-0.15, -0.1) is 0 Å². The molecule has 0 bridgehead atoms. The smallest absolute Gasteiger partial charge is 0.106 e. The number of nitrogens with two attached hydrogens (primary N) is 1. The number of hydrogen-bond acceptors (Lipinski definition) is 4. The van der Waals surface area contributed by atoms with E-state index in [4.69, 9.17) is 22.7 Å². The number of thiocarbonyl (C=S) groups is 1. The van der Waals surface area contributed by atoms with Gasteiger partial charge in [-0.05, 0) is 26.0 Å². The molecule has 2 atom stereocenters. The summed E-state index contributed by atoms with van der Waals surface area (Å²) in [5.74, 6) is 0. The van der Waals surface area contributed by atoms with Crippen molar-refractivity contribution in [2.24, 2.45) is 5.73 Å². The van der Waals surface area contributed by atoms with Crippen LogP contribution in [0.4, 0.5) is 5.69 Å². The summed E-state index contributed by atoms with van der Waals surface area (Å²) in [7, 11) is 0. The van der Waals surface area contributed by atoms with Crippen molar-refractivity contribution >= 4 is 22.9 Å². The second-order valence-corrected chi connectivity index (χ2v) is 5.48. The monoisotopic (exact) mass is 280 g/mol. The van der Waals surface area contributed by atoms with E-state index in [0.717, 1.165) is 23.4 Å². The highest BCUT2D eigenvalue weighted by molar-refractivity contribution is 7.80. The summed E-state index contributed by atoms with van der Waals surface area (Å²) in [5, 5.41) is 9.29. The number of aryl methyl sites for hydroxylation is 1. The molecule has 5 heteroatoms. The number of aliphatic hydroxyl groups is 1. The molecule has 4 nitrogen and oxygen atoms in total. The lowest BCUT2D eigenvalue weighted by atomic mass is 10.1. The van der Waals surface area contributed by atoms with Gasteiger partial charge in [0.05, 0.1) is 18.8 Å². The van der Waals surface area contributed by atoms with Gasteiger partial charge < -0.3 is 20.5 Å². The van der Waals surface area contributed by atoms with Crippen LogP contribution in [0.15, 0.2) is 18.2 Å². The van der Waals surface area contributed by atoms with Crippen molar-refractivity contribution in [3.63, 3.8) is 0 Å². The molecule has 1 aromatic rings. The van der Waals surface area contributed by atoms with Crippen LogP contribution in [-0.4, -0.2) is 42.0 Å². The van der Waals surface area contributed by atoms with Crippen molar-refractivity contribution in [2.75, 3.05) is 24.6 Å². The maximum atomic E-state index is 9.29. The molecule has 1 saturated heterocycles. The van der Waals surface area contributed by atoms with Crippen LogP contribution in [0.25, 0.3) is 0 Å². The second kappa shape index (κ2) is 5.86. The van der Waals surface area contributed by atoms with Gasteiger partial charge >= 0.3 is 0 Å². The topological polar surface area (TPSA) is 58.7 Å². The molecule has 104 valence electrons. The zero-order valence-electron chi connectivity index (χ0n) is 11.3. The Labute approximate surface area is 119 Å². The number of rotatable bonds is 3. The van der Waals surface area contributed by atoms with Crippen LogP contribution in [-0.2, 0) is 4.74 Å². The number of hydrogen-bond donors (Lipinski definition) is 2. The number of aliphatic hydroxyl groups excluding tert-OH is 1. The Balaban J connectivity index is 2.32. The van der Waals surface area contributed by atoms with Crippen LogP contribution in [0.3, 0.4) is 0 Å². The first-order chi connectivity index (χ1) is 9.01. The average Bonchev–Trinajstić information content (AvgIpc) is 2.37. The zero-order valence-corrected chi connectivity index (χ0v) is 12.1. The van der Waals surface area contributed by atoms with Gasteiger partial charge in [-0.1, -0.05) is 23.8 Å². The molecule has 1 fully saturated rings. The van der Waals surface area contributed by atoms with Crippen molar-refractivity contribution in [2.45, 2.75) is 26.1 Å². The highest BCUT2D eigenvalue weighted by Gasteiger charge is 2.26. The van der Waals surface area contributed by atoms with Gasteiger partial charge in [-0.25, -0.2) is 0 Å². The standard InChI is InChI=1S/C14H20N2O2S/c1-9-3-4-13(12(5-9)14(15)19)16-6-10(2)18-11(7-16)8-17/h3-5,10-11,17H,6-8H2,1-2H3,(H2,15,19). The molecule has 0 aliphatic carbocycles. The van der Waals surface area contributed by atoms with E-state index in [9.17, 15) is 5.11 Å². The van der Waals surface area contributed by atoms with Crippen LogP contribution >= 0.6 is 12.2 Å². The van der Waals surface area contributed by atoms with Crippen molar-refractivity contribution in [1.29, 1.82) is 0 Å². The molecule has 1 aliphatic rings. The summed E-state index contributed by atoms with van der Waals surface area (Å²) in [6.07, 6.45) is -0.0874. The summed E-state index contributed by atoms with van der Waals surface area (Å²) in [6, 6.07) is 6.09. The number of ether oxygens (including phenoxy) is 1. The van der Waals surface area contributed by atoms with Crippen LogP contribution < -0.4 is 10.6 Å². The normalized spacial score (nSPS) is 23.4. The van der Waals surface area contributed by atoms with E-state index < -0.39 is 0 Å². The highest BCUT2D eigenvalue weighted by Crippen LogP contribution is 2.25. The molecule has 0 spiro atoms. The number of morpholine rings is 1. The fraction of sp³-hybridized carbons (Fsp3) is 0.500. The van der Waals surface area contributed by atoms with Gasteiger partial charge in [0.15, 0.2) is 0 Å². The van der Waals surface area contributed by atoms with Crippen molar-refractivity contribution in [3.05, 3.63) is 29.3 Å². The first kappa shape index (κ1) is 14.2. The third-order valence-electron chi connectivity index (χ3n) is 3.29. The molecular weight excluding hydrogens is 260 g/mol. The Morgan fingerprint density at radius 3 is 2.89 bits per heavy atom. The van der Waals surface area contributed by atoms with Crippen molar-refractivity contribution in [3.8, 4) is 0 Å². The Bertz CT molecular complexity index is 479. The van der Waals surface area contributed by atoms with Gasteiger partial charge in [0.25, 0.3) is 0 Å². The predicted molar refractivity (Wildman–Crippen MR) is 80.7 cm³/mol. The number of nitrogens with zero attached hydrogens (tertiary/aromatic N) is 1. The van der Waals surface area contributed by atoms with E-state index in [0.29, 0.717) is 11.5 Å². The lowest BCUT2D eigenvalue weighted by Crippen LogP contribution is -2.48. The van der Waals surface area contributed by atoms with Crippen LogP contribution in [0, 0.1) is 6.92 Å². The maximum absolute atomic E-state index is 9.29. The Kier molecular flexibility index (Phi) is 4.39. The van der Waals surface area contributed by atoms with E-state index in [1.807, 2.05) is 32.0 Å². The van der Waals surface area contributed by atoms with E-state index in [-0.39, 0.29) is 18.8 Å². The SMILES string of the molecule is Cc1ccc(N2CC(C)OC(CO)C2)c(C(N)=S)c1. The summed E-state index contributed by atoms with van der Waals surface area (Å²) < 4.78 is 5.66. The zero-order chi connectivity index (χ0) is 14.0. The molecular formula is C14H20N2O2S. The maximum Gasteiger partial charge on any atom is 0.106 e. The predicted octanol–water partition coefficient (Wildman–Crippen LogP) is 1.22. The van der Waals surface area contributed by atoms with Crippen molar-refractivity contribution < 1.29 is 9.84 Å². The molecule has 1 heterocycles. The van der Waals surface area contributed by atoms with E-state index >= 15 is 0 Å². The third kappa shape index (κ3) is 3.23. The first-order valence-corrected chi connectivity index (χ1v) is 6.83. The minimum atomic E-state index is -0.163. The molecule has 19 heavy (non-hydrogen) atoms. The average molecular weight is 280 g/mol. The Morgan fingerprint density at radius 2 is 2.26 bits per heavy atom. The summed E-state index contributed by atoms with van der Waals surface area (Å²) in [4.78, 5) is 2.58. The van der Waals surface area contributed by atoms with Crippen LogP contribution in [0.2, 0.25) is 0 Å². The van der Waals surface area contributed by atoms with Gasteiger partial charge in [-0.3, -0.25) is 0 Å². The lowest BCUT2D eigenvalue weighted by Gasteiger charge is -2.38. The fourth-order valence-electron chi connectivity index (χ4n) is 2.47. The van der Waals surface area contributed by atoms with Gasteiger partial charge in [0.2, 0.25) is 0 Å². The van der Waals surface area contributed by atoms with Crippen LogP contribution in [0.1, 0.15) is 18.1 Å². The summed E-state index contributed by atoms with van der Waals surface area (Å²) in [5.41, 5.74) is 8.86. The van der Waals surface area contributed by atoms with E-state index in [2.05, 4.69) is 4.90 Å². The molecule has 2 rings (SSSR count). The molecule has 0 saturated carbocycles. The third-order valence-corrected chi connectivity index (χ3v) is 3.51. The first-order valence-electron chi connectivity index (χ1n) is 6.43. The molecule has 3 N–H and O–H groups in total. The quantitative estimate of drug-likeness (QED) is 0.815. The Morgan fingerprint density at radius 1 is 1.53 bits per heavy atom. The molecule has 0 amide bonds. The fourth-order valence-corrected chi connectivity index (χ4v) is 2.63. The van der Waals surface area contributed by atoms with E-state index in [1.54, 1.807) is 0 Å². The van der Waals surface area contributed by atoms with E-state index in [1.165, 1.54) is 0 Å². The van der Waals surface area contributed by atoms with Crippen LogP contribution in [0.5, 0.6) is 0 Å². The Hall–Kier alpha value is -1.17. The summed E-state index contributed by atoms with van der Waals surface area (Å²) in [6.45, 7) is 5.47. The number of benzene rings is 1. The van der Waals surface area contributed by atoms with Gasteiger partial charge in [-0.2, -0.15) is 0 Å². The van der Waals surface area contributed by atoms with Gasteiger partial charge in [0.1, 0.15) is 4.99 Å². The molecule has 1 aromatic carbocycles.